The Morgan fingerprint density at radius 1 is 1.09 bits per heavy atom. The van der Waals surface area contributed by atoms with Crippen LogP contribution in [0.2, 0.25) is 0 Å². The molecule has 2 aromatic rings. The molecule has 0 spiro atoms. The quantitative estimate of drug-likeness (QED) is 0.672. The van der Waals surface area contributed by atoms with Crippen molar-refractivity contribution in [1.29, 1.82) is 5.41 Å². The largest absolute Gasteiger partial charge is 0.497 e. The van der Waals surface area contributed by atoms with Gasteiger partial charge >= 0.3 is 0 Å². The second-order valence-corrected chi connectivity index (χ2v) is 9.23. The van der Waals surface area contributed by atoms with E-state index >= 15 is 0 Å². The van der Waals surface area contributed by atoms with E-state index in [0.717, 1.165) is 53.7 Å². The first-order valence-corrected chi connectivity index (χ1v) is 11.9. The molecule has 3 aliphatic rings. The molecule has 1 saturated heterocycles. The van der Waals surface area contributed by atoms with Gasteiger partial charge in [-0.2, -0.15) is 10.0 Å². The molecule has 0 radical (unpaired) electrons. The van der Waals surface area contributed by atoms with E-state index in [2.05, 4.69) is 19.6 Å². The summed E-state index contributed by atoms with van der Waals surface area (Å²) in [6, 6.07) is 7.65. The lowest BCUT2D eigenvalue weighted by atomic mass is 10.1. The third kappa shape index (κ3) is 3.67. The number of nitrogens with zero attached hydrogens (tertiary/aromatic N) is 5. The highest BCUT2D eigenvalue weighted by molar-refractivity contribution is 8.26. The summed E-state index contributed by atoms with van der Waals surface area (Å²) in [4.78, 5) is 19.3. The number of carbonyl (C=O) groups excluding carboxylic acids is 1. The molecule has 10 heteroatoms. The van der Waals surface area contributed by atoms with E-state index in [1.807, 2.05) is 38.1 Å². The van der Waals surface area contributed by atoms with Crippen LogP contribution in [0.1, 0.15) is 29.8 Å². The molecular formula is C24H26N6O3S. The van der Waals surface area contributed by atoms with E-state index in [-0.39, 0.29) is 11.4 Å². The van der Waals surface area contributed by atoms with Gasteiger partial charge in [-0.05, 0) is 68.3 Å². The molecule has 3 aliphatic heterocycles. The first-order valence-electron chi connectivity index (χ1n) is 11.1. The van der Waals surface area contributed by atoms with Gasteiger partial charge in [-0.25, -0.2) is 0 Å². The zero-order valence-electron chi connectivity index (χ0n) is 19.6. The number of fused-ring (bicyclic) bond motifs is 1. The number of aliphatic imine (C=N–C) groups is 1. The molecule has 0 saturated carbocycles. The van der Waals surface area contributed by atoms with E-state index in [1.54, 1.807) is 20.3 Å². The minimum Gasteiger partial charge on any atom is -0.497 e. The Balaban J connectivity index is 1.50. The molecule has 9 nitrogen and oxygen atoms in total. The van der Waals surface area contributed by atoms with Crippen molar-refractivity contribution in [3.63, 3.8) is 0 Å². The number of carbonyl (C=O) groups is 1. The molecule has 1 aromatic heterocycles. The topological polar surface area (TPSA) is 95.5 Å². The lowest BCUT2D eigenvalue weighted by Crippen LogP contribution is -2.35. The standard InChI is InChI=1S/C24H26N6O3S/c1-14-11-16(15(2)29(14)19-8-7-17(32-3)13-20(19)33-4)12-18-21(25)30-23(26-22(18)31)34-24(27-30)28-9-5-6-10-28/h7-8,11-13,25H,5-6,9-10H2,1-4H3/b18-12-,25-21?. The van der Waals surface area contributed by atoms with E-state index in [4.69, 9.17) is 14.9 Å². The Hall–Kier alpha value is -3.53. The van der Waals surface area contributed by atoms with Crippen molar-refractivity contribution >= 4 is 39.9 Å². The highest BCUT2D eigenvalue weighted by Crippen LogP contribution is 2.34. The summed E-state index contributed by atoms with van der Waals surface area (Å²) in [5.41, 5.74) is 3.80. The predicted molar refractivity (Wildman–Crippen MR) is 134 cm³/mol. The predicted octanol–water partition coefficient (Wildman–Crippen LogP) is 3.78. The SMILES string of the molecule is COc1ccc(-n2c(C)cc(/C=C3/C(=N)N4N=C(N5CCCC5)SC4=NC3=O)c2C)c(OC)c1. The van der Waals surface area contributed by atoms with Gasteiger partial charge in [0.05, 0.1) is 25.5 Å². The second kappa shape index (κ2) is 8.68. The molecule has 1 amide bonds. The Morgan fingerprint density at radius 3 is 2.56 bits per heavy atom. The fourth-order valence-corrected chi connectivity index (χ4v) is 5.39. The minimum atomic E-state index is -0.423. The molecule has 1 N–H and O–H groups in total. The smallest absolute Gasteiger partial charge is 0.283 e. The summed E-state index contributed by atoms with van der Waals surface area (Å²) < 4.78 is 13.0. The molecule has 0 aliphatic carbocycles. The van der Waals surface area contributed by atoms with Crippen LogP contribution in [-0.2, 0) is 4.79 Å². The number of ether oxygens (including phenoxy) is 2. The number of hydrazone groups is 1. The van der Waals surface area contributed by atoms with Gasteiger partial charge in [0, 0.05) is 30.5 Å². The van der Waals surface area contributed by atoms with E-state index in [9.17, 15) is 4.79 Å². The Labute approximate surface area is 202 Å². The van der Waals surface area contributed by atoms with E-state index < -0.39 is 5.91 Å². The zero-order chi connectivity index (χ0) is 24.0. The monoisotopic (exact) mass is 478 g/mol. The summed E-state index contributed by atoms with van der Waals surface area (Å²) in [5.74, 6) is 1.00. The van der Waals surface area contributed by atoms with E-state index in [1.165, 1.54) is 16.8 Å². The molecule has 34 heavy (non-hydrogen) atoms. The molecule has 1 fully saturated rings. The minimum absolute atomic E-state index is 0.0449. The van der Waals surface area contributed by atoms with Crippen LogP contribution in [-0.4, -0.2) is 63.9 Å². The molecular weight excluding hydrogens is 452 g/mol. The van der Waals surface area contributed by atoms with Gasteiger partial charge in [-0.3, -0.25) is 10.2 Å². The third-order valence-corrected chi connectivity index (χ3v) is 7.19. The van der Waals surface area contributed by atoms with Gasteiger partial charge in [0.2, 0.25) is 5.17 Å². The van der Waals surface area contributed by atoms with Crippen LogP contribution >= 0.6 is 11.8 Å². The Kier molecular flexibility index (Phi) is 5.68. The number of rotatable bonds is 4. The second-order valence-electron chi connectivity index (χ2n) is 8.30. The van der Waals surface area contributed by atoms with Gasteiger partial charge in [0.15, 0.2) is 11.0 Å². The van der Waals surface area contributed by atoms with Crippen LogP contribution in [0.15, 0.2) is 39.9 Å². The van der Waals surface area contributed by atoms with Gasteiger partial charge in [0.1, 0.15) is 11.5 Å². The fraction of sp³-hybridized carbons (Fsp3) is 0.333. The number of thioether (sulfide) groups is 1. The number of methoxy groups -OCH3 is 2. The van der Waals surface area contributed by atoms with Gasteiger partial charge in [-0.15, -0.1) is 5.10 Å². The maximum atomic E-state index is 12.9. The number of hydrogen-bond acceptors (Lipinski definition) is 7. The lowest BCUT2D eigenvalue weighted by Gasteiger charge is -2.20. The number of aryl methyl sites for hydroxylation is 1. The number of likely N-dealkylation sites (tertiary alicyclic amines) is 1. The Bertz CT molecular complexity index is 1290. The average molecular weight is 479 g/mol. The van der Waals surface area contributed by atoms with Crippen LogP contribution in [0.5, 0.6) is 11.5 Å². The molecule has 1 aromatic carbocycles. The number of aromatic nitrogens is 1. The average Bonchev–Trinajstić information content (AvgIpc) is 3.56. The molecule has 5 rings (SSSR count). The van der Waals surface area contributed by atoms with Crippen molar-refractivity contribution < 1.29 is 14.3 Å². The number of nitrogens with one attached hydrogen (secondary N) is 1. The van der Waals surface area contributed by atoms with Gasteiger partial charge in [-0.1, -0.05) is 0 Å². The van der Waals surface area contributed by atoms with Crippen molar-refractivity contribution in [3.8, 4) is 17.2 Å². The number of benzene rings is 1. The fourth-order valence-electron chi connectivity index (χ4n) is 4.45. The summed E-state index contributed by atoms with van der Waals surface area (Å²) in [5, 5.41) is 16.0. The molecule has 4 heterocycles. The summed E-state index contributed by atoms with van der Waals surface area (Å²) >= 11 is 1.36. The van der Waals surface area contributed by atoms with Crippen molar-refractivity contribution in [2.45, 2.75) is 26.7 Å². The number of amidine groups is 3. The van der Waals surface area contributed by atoms with Crippen molar-refractivity contribution in [1.82, 2.24) is 14.5 Å². The summed E-state index contributed by atoms with van der Waals surface area (Å²) in [6.07, 6.45) is 3.98. The van der Waals surface area contributed by atoms with Crippen LogP contribution in [0.25, 0.3) is 11.8 Å². The Morgan fingerprint density at radius 2 is 1.85 bits per heavy atom. The molecule has 176 valence electrons. The maximum Gasteiger partial charge on any atom is 0.283 e. The van der Waals surface area contributed by atoms with Crippen LogP contribution in [0.3, 0.4) is 0 Å². The van der Waals surface area contributed by atoms with Gasteiger partial charge < -0.3 is 18.9 Å². The first kappa shape index (κ1) is 22.3. The molecule has 0 bridgehead atoms. The summed E-state index contributed by atoms with van der Waals surface area (Å²) in [6.45, 7) is 5.85. The maximum absolute atomic E-state index is 12.9. The van der Waals surface area contributed by atoms with Gasteiger partial charge in [0.25, 0.3) is 5.91 Å². The third-order valence-electron chi connectivity index (χ3n) is 6.22. The lowest BCUT2D eigenvalue weighted by molar-refractivity contribution is -0.114. The highest BCUT2D eigenvalue weighted by Gasteiger charge is 2.37. The van der Waals surface area contributed by atoms with Crippen LogP contribution in [0, 0.1) is 19.3 Å². The van der Waals surface area contributed by atoms with E-state index in [0.29, 0.717) is 16.7 Å². The normalized spacial score (nSPS) is 19.0. The summed E-state index contributed by atoms with van der Waals surface area (Å²) in [7, 11) is 3.24. The highest BCUT2D eigenvalue weighted by atomic mass is 32.2. The van der Waals surface area contributed by atoms with Crippen molar-refractivity contribution in [3.05, 3.63) is 46.8 Å². The number of hydrogen-bond donors (Lipinski definition) is 1. The van der Waals surface area contributed by atoms with Crippen molar-refractivity contribution in [2.75, 3.05) is 27.3 Å². The molecule has 0 atom stereocenters. The zero-order valence-corrected chi connectivity index (χ0v) is 20.4. The first-order chi connectivity index (χ1) is 16.4. The number of amides is 1. The molecule has 0 unspecified atom stereocenters. The van der Waals surface area contributed by atoms with Crippen LogP contribution < -0.4 is 9.47 Å². The van der Waals surface area contributed by atoms with Crippen LogP contribution in [0.4, 0.5) is 0 Å². The van der Waals surface area contributed by atoms with Crippen molar-refractivity contribution in [2.24, 2.45) is 10.1 Å².